The molecule has 1 aromatic rings. The highest BCUT2D eigenvalue weighted by Crippen LogP contribution is 2.48. The number of hydrogen-bond acceptors (Lipinski definition) is 4. The number of nitro benzene ring substituents is 1. The number of alkyl halides is 8. The van der Waals surface area contributed by atoms with Crippen LogP contribution in [0.2, 0.25) is 0 Å². The first-order valence-electron chi connectivity index (χ1n) is 6.21. The van der Waals surface area contributed by atoms with Gasteiger partial charge in [-0.1, -0.05) is 0 Å². The summed E-state index contributed by atoms with van der Waals surface area (Å²) >= 11 is 0. The van der Waals surface area contributed by atoms with Gasteiger partial charge in [-0.3, -0.25) is 10.1 Å². The summed E-state index contributed by atoms with van der Waals surface area (Å²) in [6.07, 6.45) is -5.12. The Bertz CT molecular complexity index is 709. The molecule has 6 nitrogen and oxygen atoms in total. The van der Waals surface area contributed by atoms with Crippen LogP contribution < -0.4 is 4.74 Å². The fourth-order valence-electron chi connectivity index (χ4n) is 1.56. The van der Waals surface area contributed by atoms with Crippen LogP contribution in [-0.4, -0.2) is 46.8 Å². The Morgan fingerprint density at radius 3 is 2.15 bits per heavy atom. The van der Waals surface area contributed by atoms with Crippen molar-refractivity contribution in [3.8, 4) is 5.75 Å². The van der Waals surface area contributed by atoms with E-state index in [1.807, 2.05) is 0 Å². The van der Waals surface area contributed by atoms with Gasteiger partial charge in [-0.25, -0.2) is 13.6 Å². The van der Waals surface area contributed by atoms with Crippen molar-refractivity contribution in [1.29, 1.82) is 0 Å². The summed E-state index contributed by atoms with van der Waals surface area (Å²) in [6.45, 7) is -2.62. The van der Waals surface area contributed by atoms with Crippen LogP contribution in [0.5, 0.6) is 5.75 Å². The van der Waals surface area contributed by atoms with Crippen molar-refractivity contribution in [2.45, 2.75) is 24.2 Å². The average molecular weight is 397 g/mol. The Balaban J connectivity index is 3.14. The Hall–Kier alpha value is -2.67. The van der Waals surface area contributed by atoms with Gasteiger partial charge in [0.15, 0.2) is 12.4 Å². The largest absolute Gasteiger partial charge is 0.480 e. The summed E-state index contributed by atoms with van der Waals surface area (Å²) in [4.78, 5) is 20.1. The van der Waals surface area contributed by atoms with E-state index in [1.54, 1.807) is 0 Å². The molecular formula is C12H7F8NO5. The van der Waals surface area contributed by atoms with Crippen LogP contribution in [-0.2, 0) is 0 Å². The van der Waals surface area contributed by atoms with Crippen molar-refractivity contribution in [3.63, 3.8) is 0 Å². The summed E-state index contributed by atoms with van der Waals surface area (Å²) < 4.78 is 106. The molecule has 0 amide bonds. The highest BCUT2D eigenvalue weighted by molar-refractivity contribution is 5.88. The van der Waals surface area contributed by atoms with Crippen LogP contribution >= 0.6 is 0 Å². The van der Waals surface area contributed by atoms with E-state index in [4.69, 9.17) is 5.11 Å². The molecule has 14 heteroatoms. The quantitative estimate of drug-likeness (QED) is 0.409. The lowest BCUT2D eigenvalue weighted by atomic mass is 10.1. The molecule has 0 aliphatic heterocycles. The van der Waals surface area contributed by atoms with Crippen LogP contribution in [0.4, 0.5) is 40.8 Å². The van der Waals surface area contributed by atoms with Crippen molar-refractivity contribution >= 4 is 11.7 Å². The SMILES string of the molecule is O=C(O)c1ccc(OCC(F)(F)C(F)(F)C(F)(F)C(F)F)c([N+](=O)[O-])c1. The minimum absolute atomic E-state index is 0.335. The number of carboxylic acid groups (broad SMARTS) is 1. The molecule has 1 aromatic carbocycles. The number of carbonyl (C=O) groups is 1. The lowest BCUT2D eigenvalue weighted by Crippen LogP contribution is -2.59. The van der Waals surface area contributed by atoms with Crippen LogP contribution in [0, 0.1) is 10.1 Å². The summed E-state index contributed by atoms with van der Waals surface area (Å²) in [5, 5.41) is 19.4. The molecule has 0 unspecified atom stereocenters. The maximum Gasteiger partial charge on any atom is 0.381 e. The highest BCUT2D eigenvalue weighted by atomic mass is 19.4. The fourth-order valence-corrected chi connectivity index (χ4v) is 1.56. The van der Waals surface area contributed by atoms with Crippen LogP contribution in [0.3, 0.4) is 0 Å². The minimum Gasteiger partial charge on any atom is -0.480 e. The standard InChI is InChI=1S/C12H7F8NO5/c13-9(14)11(17,18)12(19,20)10(15,16)4-26-7-2-1-5(8(22)23)3-6(7)21(24)25/h1-3,9H,4H2,(H,22,23). The number of halogens is 8. The maximum absolute atomic E-state index is 13.3. The van der Waals surface area contributed by atoms with Crippen molar-refractivity contribution in [1.82, 2.24) is 0 Å². The molecule has 0 aromatic heterocycles. The third-order valence-corrected chi connectivity index (χ3v) is 2.96. The van der Waals surface area contributed by atoms with Gasteiger partial charge in [0.05, 0.1) is 10.5 Å². The van der Waals surface area contributed by atoms with Crippen molar-refractivity contribution < 1.29 is 54.7 Å². The zero-order valence-electron chi connectivity index (χ0n) is 12.1. The van der Waals surface area contributed by atoms with E-state index in [1.165, 1.54) is 0 Å². The number of carboxylic acids is 1. The zero-order valence-corrected chi connectivity index (χ0v) is 12.1. The van der Waals surface area contributed by atoms with E-state index in [2.05, 4.69) is 4.74 Å². The second-order valence-electron chi connectivity index (χ2n) is 4.74. The molecule has 0 spiro atoms. The van der Waals surface area contributed by atoms with Gasteiger partial charge in [0.25, 0.3) is 0 Å². The number of hydrogen-bond donors (Lipinski definition) is 1. The lowest BCUT2D eigenvalue weighted by Gasteiger charge is -2.31. The molecule has 0 radical (unpaired) electrons. The number of rotatable bonds is 8. The maximum atomic E-state index is 13.3. The molecule has 0 aliphatic rings. The Kier molecular flexibility index (Phi) is 5.68. The highest BCUT2D eigenvalue weighted by Gasteiger charge is 2.75. The van der Waals surface area contributed by atoms with Crippen LogP contribution in [0.1, 0.15) is 10.4 Å². The summed E-state index contributed by atoms with van der Waals surface area (Å²) in [5.74, 6) is -21.6. The molecular weight excluding hydrogens is 390 g/mol. The molecule has 0 saturated heterocycles. The van der Waals surface area contributed by atoms with Crippen LogP contribution in [0.15, 0.2) is 18.2 Å². The molecule has 0 saturated carbocycles. The number of nitrogens with zero attached hydrogens (tertiary/aromatic N) is 1. The monoisotopic (exact) mass is 397 g/mol. The second-order valence-corrected chi connectivity index (χ2v) is 4.74. The summed E-state index contributed by atoms with van der Waals surface area (Å²) in [7, 11) is 0. The Labute approximate surface area is 138 Å². The van der Waals surface area contributed by atoms with Gasteiger partial charge in [0.2, 0.25) is 0 Å². The molecule has 0 fully saturated rings. The molecule has 0 atom stereocenters. The van der Waals surface area contributed by atoms with Gasteiger partial charge in [-0.15, -0.1) is 0 Å². The van der Waals surface area contributed by atoms with Gasteiger partial charge in [-0.05, 0) is 12.1 Å². The van der Waals surface area contributed by atoms with Gasteiger partial charge in [-0.2, -0.15) is 26.3 Å². The first-order chi connectivity index (χ1) is 11.6. The smallest absolute Gasteiger partial charge is 0.381 e. The number of nitro groups is 1. The van der Waals surface area contributed by atoms with Gasteiger partial charge in [0, 0.05) is 6.07 Å². The first-order valence-corrected chi connectivity index (χ1v) is 6.21. The van der Waals surface area contributed by atoms with Gasteiger partial charge >= 0.3 is 35.8 Å². The van der Waals surface area contributed by atoms with E-state index < -0.39 is 58.7 Å². The van der Waals surface area contributed by atoms with E-state index >= 15 is 0 Å². The summed E-state index contributed by atoms with van der Waals surface area (Å²) in [6, 6.07) is 1.40. The van der Waals surface area contributed by atoms with Crippen molar-refractivity contribution in [3.05, 3.63) is 33.9 Å². The second kappa shape index (κ2) is 6.92. The summed E-state index contributed by atoms with van der Waals surface area (Å²) in [5.41, 5.74) is -1.94. The van der Waals surface area contributed by atoms with Gasteiger partial charge in [0.1, 0.15) is 0 Å². The first kappa shape index (κ1) is 21.4. The van der Waals surface area contributed by atoms with E-state index in [-0.39, 0.29) is 0 Å². The topological polar surface area (TPSA) is 89.7 Å². The molecule has 26 heavy (non-hydrogen) atoms. The number of ether oxygens (including phenoxy) is 1. The normalized spacial score (nSPS) is 13.0. The number of aromatic carboxylic acids is 1. The van der Waals surface area contributed by atoms with E-state index in [9.17, 15) is 50.0 Å². The average Bonchev–Trinajstić information content (AvgIpc) is 2.51. The Morgan fingerprint density at radius 1 is 1.19 bits per heavy atom. The van der Waals surface area contributed by atoms with Crippen LogP contribution in [0.25, 0.3) is 0 Å². The third-order valence-electron chi connectivity index (χ3n) is 2.96. The molecule has 0 bridgehead atoms. The zero-order chi connectivity index (χ0) is 20.5. The Morgan fingerprint density at radius 2 is 1.73 bits per heavy atom. The molecule has 0 aliphatic carbocycles. The van der Waals surface area contributed by atoms with E-state index in [0.717, 1.165) is 0 Å². The lowest BCUT2D eigenvalue weighted by molar-refractivity contribution is -0.386. The molecule has 146 valence electrons. The minimum atomic E-state index is -6.54. The third kappa shape index (κ3) is 3.77. The fraction of sp³-hybridized carbons (Fsp3) is 0.417. The van der Waals surface area contributed by atoms with Crippen molar-refractivity contribution in [2.75, 3.05) is 6.61 Å². The molecule has 1 rings (SSSR count). The van der Waals surface area contributed by atoms with E-state index in [0.29, 0.717) is 18.2 Å². The predicted octanol–water partition coefficient (Wildman–Crippen LogP) is 3.84. The van der Waals surface area contributed by atoms with Crippen molar-refractivity contribution in [2.24, 2.45) is 0 Å². The number of benzene rings is 1. The van der Waals surface area contributed by atoms with Gasteiger partial charge < -0.3 is 9.84 Å². The molecule has 0 heterocycles. The predicted molar refractivity (Wildman–Crippen MR) is 66.4 cm³/mol. The molecule has 1 N–H and O–H groups in total.